The van der Waals surface area contributed by atoms with E-state index in [9.17, 15) is 18.0 Å². The molecule has 5 heterocycles. The van der Waals surface area contributed by atoms with Crippen molar-refractivity contribution in [1.29, 1.82) is 0 Å². The Morgan fingerprint density at radius 3 is 2.18 bits per heavy atom. The van der Waals surface area contributed by atoms with Crippen LogP contribution in [0.2, 0.25) is 22.2 Å². The lowest BCUT2D eigenvalue weighted by Gasteiger charge is -2.51. The minimum absolute atomic E-state index is 0.0228. The van der Waals surface area contributed by atoms with Gasteiger partial charge >= 0.3 is 17.1 Å². The van der Waals surface area contributed by atoms with E-state index in [1.165, 1.54) is 6.33 Å². The van der Waals surface area contributed by atoms with Crippen molar-refractivity contribution in [3.63, 3.8) is 0 Å². The highest BCUT2D eigenvalue weighted by Gasteiger charge is 2.62. The number of ether oxygens (including phenoxy) is 2. The zero-order valence-electron chi connectivity index (χ0n) is 30.6. The van der Waals surface area contributed by atoms with E-state index in [4.69, 9.17) is 34.7 Å². The number of fused-ring (bicyclic) bond motifs is 2. The molecule has 2 aromatic rings. The first-order chi connectivity index (χ1) is 23.3. The molecule has 1 amide bonds. The second-order valence-corrected chi connectivity index (χ2v) is 26.5. The standard InChI is InChI=1S/C31H52N6O9S2Si2/c1-17(2)27(38)34-30-33-26-23(28(39)35-30)32-16-37(26)29-25(44-31(47)36-11-13-48(40,41)14-12-36)24-22(43-29)15-42-49(18(3)4,19(5)6)46-50(45-24,20(7)8)21(9)10/h16-22,24-25,29H,11-15H2,1-10H3,(H2,33,34,35,38,39)/t22-,24?,25?,29-/m1/s1. The summed E-state index contributed by atoms with van der Waals surface area (Å²) in [6.07, 6.45) is -1.76. The number of anilines is 1. The molecule has 280 valence electrons. The van der Waals surface area contributed by atoms with Gasteiger partial charge in [0.2, 0.25) is 11.9 Å². The van der Waals surface area contributed by atoms with Crippen molar-refractivity contribution in [3.05, 3.63) is 16.7 Å². The largest absolute Gasteiger partial charge is 0.460 e. The summed E-state index contributed by atoms with van der Waals surface area (Å²) < 4.78 is 61.2. The number of hydrogen-bond donors (Lipinski definition) is 2. The van der Waals surface area contributed by atoms with Crippen LogP contribution in [-0.2, 0) is 37.1 Å². The number of carbonyl (C=O) groups is 1. The van der Waals surface area contributed by atoms with E-state index >= 15 is 0 Å². The molecular weight excluding hydrogens is 721 g/mol. The Morgan fingerprint density at radius 2 is 1.62 bits per heavy atom. The normalized spacial score (nSPS) is 26.4. The Kier molecular flexibility index (Phi) is 11.4. The third-order valence-electron chi connectivity index (χ3n) is 9.93. The first-order valence-electron chi connectivity index (χ1n) is 17.4. The summed E-state index contributed by atoms with van der Waals surface area (Å²) in [5, 5.41) is 2.77. The molecule has 4 atom stereocenters. The van der Waals surface area contributed by atoms with Crippen LogP contribution in [0.15, 0.2) is 11.1 Å². The van der Waals surface area contributed by atoms with Gasteiger partial charge in [0, 0.05) is 19.0 Å². The molecule has 50 heavy (non-hydrogen) atoms. The number of hydrogen-bond acceptors (Lipinski definition) is 12. The summed E-state index contributed by atoms with van der Waals surface area (Å²) >= 11 is 5.81. The van der Waals surface area contributed by atoms with Crippen molar-refractivity contribution in [2.24, 2.45) is 5.92 Å². The molecular formula is C31H52N6O9S2Si2. The minimum atomic E-state index is -3.17. The highest BCUT2D eigenvalue weighted by Crippen LogP contribution is 2.49. The minimum Gasteiger partial charge on any atom is -0.460 e. The van der Waals surface area contributed by atoms with Gasteiger partial charge in [0.05, 0.1) is 24.4 Å². The predicted octanol–water partition coefficient (Wildman–Crippen LogP) is 3.97. The van der Waals surface area contributed by atoms with E-state index in [-0.39, 0.29) is 87.5 Å². The van der Waals surface area contributed by atoms with E-state index in [0.717, 1.165) is 0 Å². The number of thiocarbonyl (C=S) groups is 1. The summed E-state index contributed by atoms with van der Waals surface area (Å²) in [5.41, 5.74) is -0.0496. The number of rotatable bonds is 8. The van der Waals surface area contributed by atoms with E-state index in [0.29, 0.717) is 0 Å². The maximum absolute atomic E-state index is 13.2. The number of amides is 1. The van der Waals surface area contributed by atoms with Gasteiger partial charge in [-0.2, -0.15) is 4.98 Å². The number of nitrogens with zero attached hydrogens (tertiary/aromatic N) is 4. The van der Waals surface area contributed by atoms with Gasteiger partial charge in [-0.05, 0) is 34.4 Å². The lowest BCUT2D eigenvalue weighted by molar-refractivity contribution is -0.118. The first-order valence-corrected chi connectivity index (χ1v) is 23.6. The number of aromatic amines is 1. The zero-order valence-corrected chi connectivity index (χ0v) is 34.2. The number of aromatic nitrogens is 4. The first kappa shape index (κ1) is 39.0. The number of nitrogens with one attached hydrogen (secondary N) is 2. The Morgan fingerprint density at radius 1 is 1.02 bits per heavy atom. The fourth-order valence-corrected chi connectivity index (χ4v) is 19.7. The Labute approximate surface area is 301 Å². The number of sulfone groups is 1. The van der Waals surface area contributed by atoms with Crippen molar-refractivity contribution in [1.82, 2.24) is 24.4 Å². The molecule has 0 bridgehead atoms. The SMILES string of the molecule is CC(C)C(=O)Nc1nc2c(ncn2[C@@H]2O[C@@H]3CO[Si](C(C)C)(C(C)C)O[Si](C(C)C)(C(C)C)OC3C2OC(=S)N2CCS(=O)(=O)CC2)c(=O)[nH]1. The van der Waals surface area contributed by atoms with E-state index in [1.807, 2.05) is 0 Å². The molecule has 2 N–H and O–H groups in total. The summed E-state index contributed by atoms with van der Waals surface area (Å²) in [6.45, 7) is 21.1. The van der Waals surface area contributed by atoms with Crippen LogP contribution < -0.4 is 10.9 Å². The van der Waals surface area contributed by atoms with Gasteiger partial charge in [-0.1, -0.05) is 69.2 Å². The molecule has 0 aromatic carbocycles. The van der Waals surface area contributed by atoms with Gasteiger partial charge in [0.25, 0.3) is 10.7 Å². The van der Waals surface area contributed by atoms with Crippen LogP contribution in [0.4, 0.5) is 5.95 Å². The molecule has 15 nitrogen and oxygen atoms in total. The third-order valence-corrected chi connectivity index (χ3v) is 22.1. The van der Waals surface area contributed by atoms with E-state index in [2.05, 4.69) is 75.7 Å². The molecule has 19 heteroatoms. The lowest BCUT2D eigenvalue weighted by atomic mass is 10.1. The molecule has 3 saturated heterocycles. The van der Waals surface area contributed by atoms with Crippen molar-refractivity contribution < 1.29 is 35.7 Å². The van der Waals surface area contributed by atoms with E-state index < -0.39 is 57.1 Å². The lowest BCUT2D eigenvalue weighted by Crippen LogP contribution is -2.66. The van der Waals surface area contributed by atoms with Crippen LogP contribution >= 0.6 is 12.2 Å². The van der Waals surface area contributed by atoms with Crippen LogP contribution in [0, 0.1) is 5.92 Å². The maximum atomic E-state index is 13.2. The van der Waals surface area contributed by atoms with Gasteiger partial charge in [-0.15, -0.1) is 0 Å². The molecule has 3 aliphatic rings. The molecule has 3 fully saturated rings. The van der Waals surface area contributed by atoms with Crippen LogP contribution in [0.3, 0.4) is 0 Å². The second-order valence-electron chi connectivity index (χ2n) is 15.0. The van der Waals surface area contributed by atoms with Crippen molar-refractivity contribution >= 4 is 67.4 Å². The Bertz CT molecular complexity index is 1720. The Hall–Kier alpha value is -2.27. The molecule has 0 spiro atoms. The van der Waals surface area contributed by atoms with Crippen LogP contribution in [-0.4, -0.2) is 111 Å². The highest BCUT2D eigenvalue weighted by molar-refractivity contribution is 7.91. The van der Waals surface area contributed by atoms with Crippen LogP contribution in [0.5, 0.6) is 0 Å². The molecule has 2 unspecified atom stereocenters. The molecule has 5 rings (SSSR count). The second kappa shape index (κ2) is 14.6. The van der Waals surface area contributed by atoms with Gasteiger partial charge in [0.1, 0.15) is 12.2 Å². The van der Waals surface area contributed by atoms with Gasteiger partial charge in [0.15, 0.2) is 33.3 Å². The number of H-pyrrole nitrogens is 1. The topological polar surface area (TPSA) is 176 Å². The Balaban J connectivity index is 1.63. The van der Waals surface area contributed by atoms with Crippen LogP contribution in [0.1, 0.15) is 75.5 Å². The summed E-state index contributed by atoms with van der Waals surface area (Å²) in [5.74, 6) is -0.775. The number of imidazole rings is 1. The smallest absolute Gasteiger partial charge is 0.335 e. The molecule has 0 aliphatic carbocycles. The highest BCUT2D eigenvalue weighted by atomic mass is 32.2. The van der Waals surface area contributed by atoms with Gasteiger partial charge < -0.3 is 27.3 Å². The monoisotopic (exact) mass is 772 g/mol. The molecule has 0 saturated carbocycles. The fraction of sp³-hybridized carbons (Fsp3) is 0.774. The quantitative estimate of drug-likeness (QED) is 0.292. The average molecular weight is 773 g/mol. The molecule has 3 aliphatic heterocycles. The third kappa shape index (κ3) is 7.33. The average Bonchev–Trinajstić information content (AvgIpc) is 3.57. The summed E-state index contributed by atoms with van der Waals surface area (Å²) in [7, 11) is -9.21. The van der Waals surface area contributed by atoms with E-state index in [1.54, 1.807) is 23.3 Å². The van der Waals surface area contributed by atoms with Gasteiger partial charge in [-0.25, -0.2) is 13.4 Å². The predicted molar refractivity (Wildman–Crippen MR) is 197 cm³/mol. The van der Waals surface area contributed by atoms with Crippen LogP contribution in [0.25, 0.3) is 11.2 Å². The molecule has 0 radical (unpaired) electrons. The van der Waals surface area contributed by atoms with Crippen molar-refractivity contribution in [3.8, 4) is 0 Å². The maximum Gasteiger partial charge on any atom is 0.335 e. The zero-order chi connectivity index (χ0) is 36.9. The summed E-state index contributed by atoms with van der Waals surface area (Å²) in [4.78, 5) is 38.9. The van der Waals surface area contributed by atoms with Gasteiger partial charge in [-0.3, -0.25) is 24.5 Å². The van der Waals surface area contributed by atoms with Crippen molar-refractivity contribution in [2.45, 2.75) is 116 Å². The summed E-state index contributed by atoms with van der Waals surface area (Å²) in [6, 6.07) is 0. The molecule has 2 aromatic heterocycles. The number of carbonyl (C=O) groups excluding carboxylic acids is 1. The fourth-order valence-electron chi connectivity index (χ4n) is 6.99. The van der Waals surface area contributed by atoms with Crippen molar-refractivity contribution in [2.75, 3.05) is 36.5 Å².